The molecule has 0 amide bonds. The number of piperazine rings is 1. The van der Waals surface area contributed by atoms with Gasteiger partial charge in [0.05, 0.1) is 15.4 Å². The quantitative estimate of drug-likeness (QED) is 0.147. The zero-order valence-corrected chi connectivity index (χ0v) is 38.1. The molecule has 13 heteroatoms. The van der Waals surface area contributed by atoms with E-state index >= 15 is 0 Å². The molecule has 1 fully saturated rings. The van der Waals surface area contributed by atoms with Crippen molar-refractivity contribution in [1.82, 2.24) is 19.8 Å². The van der Waals surface area contributed by atoms with Crippen LogP contribution >= 0.6 is 34.5 Å². The number of rotatable bonds is 7. The number of hydrogen-bond acceptors (Lipinski definition) is 11. The van der Waals surface area contributed by atoms with Gasteiger partial charge in [-0.15, -0.1) is 11.3 Å². The average Bonchev–Trinajstić information content (AvgIpc) is 3.63. The highest BCUT2D eigenvalue weighted by molar-refractivity contribution is 7.20. The first-order chi connectivity index (χ1) is 29.3. The number of ether oxygens (including phenoxy) is 5. The van der Waals surface area contributed by atoms with Crippen LogP contribution in [0.4, 0.5) is 0 Å². The maximum atomic E-state index is 14.4. The SMILES string of the molecule is Cc1c(Cl)c2c(Cl)c(C)c1-c1c(C3=CCCCC3)sc3ncnc(c13)O[C@@H](C(=O)OC(C)(C)C)Cc1cc(ccc1OCc1ccccc1)OC[C@@H](CN1CCN(C)CC1)O2. The summed E-state index contributed by atoms with van der Waals surface area (Å²) in [5, 5.41) is 1.54. The summed E-state index contributed by atoms with van der Waals surface area (Å²) in [6.45, 7) is 14.4. The number of benzene rings is 3. The fraction of sp³-hybridized carbons (Fsp3) is 0.438. The summed E-state index contributed by atoms with van der Waals surface area (Å²) >= 11 is 16.4. The highest BCUT2D eigenvalue weighted by atomic mass is 35.5. The molecule has 4 aliphatic rings. The number of nitrogens with zero attached hydrogens (tertiary/aromatic N) is 4. The normalized spacial score (nSPS) is 19.0. The summed E-state index contributed by atoms with van der Waals surface area (Å²) in [5.74, 6) is 1.32. The highest BCUT2D eigenvalue weighted by Gasteiger charge is 2.34. The summed E-state index contributed by atoms with van der Waals surface area (Å²) in [7, 11) is 2.14. The summed E-state index contributed by atoms with van der Waals surface area (Å²) in [5.41, 5.74) is 5.53. The minimum absolute atomic E-state index is 0.102. The molecule has 2 aromatic heterocycles. The minimum Gasteiger partial charge on any atom is -0.490 e. The number of fused-ring (bicyclic) bond motifs is 7. The van der Waals surface area contributed by atoms with Gasteiger partial charge in [0.1, 0.15) is 47.6 Å². The maximum Gasteiger partial charge on any atom is 0.348 e. The van der Waals surface area contributed by atoms with Gasteiger partial charge in [-0.2, -0.15) is 0 Å². The van der Waals surface area contributed by atoms with Gasteiger partial charge in [-0.25, -0.2) is 14.8 Å². The van der Waals surface area contributed by atoms with Crippen molar-refractivity contribution < 1.29 is 28.5 Å². The molecule has 0 N–H and O–H groups in total. The van der Waals surface area contributed by atoms with Crippen molar-refractivity contribution in [3.8, 4) is 34.3 Å². The molecule has 3 aromatic carbocycles. The first-order valence-corrected chi connectivity index (χ1v) is 22.7. The fourth-order valence-electron chi connectivity index (χ4n) is 8.28. The van der Waals surface area contributed by atoms with Crippen molar-refractivity contribution in [2.24, 2.45) is 0 Å². The molecule has 5 aromatic rings. The molecule has 322 valence electrons. The summed E-state index contributed by atoms with van der Waals surface area (Å²) in [4.78, 5) is 30.4. The number of carbonyl (C=O) groups is 1. The van der Waals surface area contributed by atoms with E-state index in [9.17, 15) is 4.79 Å². The topological polar surface area (TPSA) is 95.5 Å². The van der Waals surface area contributed by atoms with Gasteiger partial charge in [-0.3, -0.25) is 4.90 Å². The van der Waals surface area contributed by atoms with Crippen LogP contribution in [0.2, 0.25) is 10.0 Å². The van der Waals surface area contributed by atoms with Gasteiger partial charge < -0.3 is 28.6 Å². The summed E-state index contributed by atoms with van der Waals surface area (Å²) < 4.78 is 32.9. The molecular weight excluding hydrogens is 832 g/mol. The van der Waals surface area contributed by atoms with Gasteiger partial charge in [-0.1, -0.05) is 59.6 Å². The van der Waals surface area contributed by atoms with Crippen molar-refractivity contribution in [1.29, 1.82) is 0 Å². The number of aromatic nitrogens is 2. The standard InChI is InChI=1S/C48H54Cl2N4O6S/c1-29-38-30(2)42(50)43(41(29)49)58-35(25-54-21-19-53(6)20-22-54)27-56-34-17-18-36(57-26-31-13-9-7-10-14-31)33(23-34)24-37(47(55)60-48(3,4)5)59-45-40-39(38)44(32-15-11-8-12-16-32)61-46(40)52-28-51-45/h7,9-10,13-15,17-18,23,28,35,37H,8,11-12,16,19-22,24-27H2,1-6H3/t35-,37-/m1/s1. The third kappa shape index (κ3) is 9.81. The number of carbonyl (C=O) groups excluding carboxylic acids is 1. The molecule has 4 bridgehead atoms. The number of esters is 1. The Morgan fingerprint density at radius 3 is 2.41 bits per heavy atom. The molecular formula is C48H54Cl2N4O6S. The molecule has 3 aliphatic heterocycles. The Morgan fingerprint density at radius 2 is 1.70 bits per heavy atom. The molecule has 1 aliphatic carbocycles. The van der Waals surface area contributed by atoms with E-state index in [0.29, 0.717) is 51.4 Å². The van der Waals surface area contributed by atoms with Crippen LogP contribution in [0.3, 0.4) is 0 Å². The predicted molar refractivity (Wildman–Crippen MR) is 244 cm³/mol. The van der Waals surface area contributed by atoms with Crippen LogP contribution in [0.25, 0.3) is 26.9 Å². The molecule has 5 heterocycles. The highest BCUT2D eigenvalue weighted by Crippen LogP contribution is 2.52. The van der Waals surface area contributed by atoms with E-state index in [1.807, 2.05) is 83.1 Å². The lowest BCUT2D eigenvalue weighted by Crippen LogP contribution is -2.49. The van der Waals surface area contributed by atoms with Crippen LogP contribution in [0.15, 0.2) is 60.9 Å². The van der Waals surface area contributed by atoms with E-state index in [1.54, 1.807) is 11.3 Å². The van der Waals surface area contributed by atoms with E-state index in [0.717, 1.165) is 89.4 Å². The molecule has 1 saturated heterocycles. The van der Waals surface area contributed by atoms with Crippen LogP contribution in [0.5, 0.6) is 23.1 Å². The molecule has 10 nitrogen and oxygen atoms in total. The van der Waals surface area contributed by atoms with Gasteiger partial charge in [0.2, 0.25) is 12.0 Å². The van der Waals surface area contributed by atoms with Gasteiger partial charge in [0, 0.05) is 55.1 Å². The molecule has 0 radical (unpaired) electrons. The molecule has 61 heavy (non-hydrogen) atoms. The second-order valence-electron chi connectivity index (χ2n) is 17.3. The van der Waals surface area contributed by atoms with Gasteiger partial charge in [0.15, 0.2) is 5.75 Å². The molecule has 2 atom stereocenters. The second-order valence-corrected chi connectivity index (χ2v) is 19.0. The van der Waals surface area contributed by atoms with Crippen LogP contribution in [0, 0.1) is 13.8 Å². The van der Waals surface area contributed by atoms with Crippen molar-refractivity contribution in [2.45, 2.75) is 91.1 Å². The summed E-state index contributed by atoms with van der Waals surface area (Å²) in [6.07, 6.45) is 6.46. The van der Waals surface area contributed by atoms with Crippen LogP contribution in [-0.2, 0) is 22.6 Å². The molecule has 0 saturated carbocycles. The van der Waals surface area contributed by atoms with Crippen molar-refractivity contribution >= 4 is 56.3 Å². The van der Waals surface area contributed by atoms with Gasteiger partial charge in [0.25, 0.3) is 0 Å². The fourth-order valence-corrected chi connectivity index (χ4v) is 10.00. The molecule has 0 unspecified atom stereocenters. The van der Waals surface area contributed by atoms with Crippen molar-refractivity contribution in [2.75, 3.05) is 46.4 Å². The Hall–Kier alpha value is -4.39. The Kier molecular flexibility index (Phi) is 13.1. The van der Waals surface area contributed by atoms with Crippen LogP contribution in [0.1, 0.15) is 73.6 Å². The molecule has 9 rings (SSSR count). The van der Waals surface area contributed by atoms with E-state index in [2.05, 4.69) is 22.9 Å². The zero-order chi connectivity index (χ0) is 42.8. The first kappa shape index (κ1) is 43.3. The van der Waals surface area contributed by atoms with E-state index in [4.69, 9.17) is 56.9 Å². The number of allylic oxidation sites excluding steroid dienone is 2. The lowest BCUT2D eigenvalue weighted by atomic mass is 9.89. The third-order valence-corrected chi connectivity index (χ3v) is 13.6. The van der Waals surface area contributed by atoms with E-state index < -0.39 is 23.8 Å². The predicted octanol–water partition coefficient (Wildman–Crippen LogP) is 10.5. The maximum absolute atomic E-state index is 14.4. The number of thiophene rings is 1. The Morgan fingerprint density at radius 1 is 0.951 bits per heavy atom. The monoisotopic (exact) mass is 884 g/mol. The first-order valence-electron chi connectivity index (χ1n) is 21.2. The zero-order valence-electron chi connectivity index (χ0n) is 35.8. The summed E-state index contributed by atoms with van der Waals surface area (Å²) in [6, 6.07) is 15.6. The number of halogens is 2. The van der Waals surface area contributed by atoms with Crippen molar-refractivity contribution in [3.63, 3.8) is 0 Å². The second kappa shape index (κ2) is 18.5. The Balaban J connectivity index is 1.32. The van der Waals surface area contributed by atoms with Crippen LogP contribution in [-0.4, -0.2) is 89.9 Å². The lowest BCUT2D eigenvalue weighted by Gasteiger charge is -2.35. The minimum atomic E-state index is -1.13. The van der Waals surface area contributed by atoms with Crippen molar-refractivity contribution in [3.05, 3.63) is 98.1 Å². The number of likely N-dealkylation sites (N-methyl/N-ethyl adjacent to an activating group) is 1. The Bertz CT molecular complexity index is 2400. The van der Waals surface area contributed by atoms with Crippen LogP contribution < -0.4 is 18.9 Å². The van der Waals surface area contributed by atoms with Gasteiger partial charge >= 0.3 is 5.97 Å². The number of hydrogen-bond donors (Lipinski definition) is 0. The molecule has 0 spiro atoms. The lowest BCUT2D eigenvalue weighted by molar-refractivity contribution is -0.163. The average molecular weight is 886 g/mol. The largest absolute Gasteiger partial charge is 0.490 e. The van der Waals surface area contributed by atoms with E-state index in [1.165, 1.54) is 11.9 Å². The van der Waals surface area contributed by atoms with E-state index in [-0.39, 0.29) is 18.9 Å². The third-order valence-electron chi connectivity index (χ3n) is 11.5. The van der Waals surface area contributed by atoms with Gasteiger partial charge in [-0.05, 0) is 113 Å². The Labute approximate surface area is 372 Å². The smallest absolute Gasteiger partial charge is 0.348 e.